The number of hydrogen-bond acceptors (Lipinski definition) is 4. The predicted octanol–water partition coefficient (Wildman–Crippen LogP) is 2.67. The second kappa shape index (κ2) is 4.14. The fourth-order valence-corrected chi connectivity index (χ4v) is 1.69. The normalized spacial score (nSPS) is 9.87. The predicted molar refractivity (Wildman–Crippen MR) is 57.4 cm³/mol. The molecule has 0 radical (unpaired) electrons. The Hall–Kier alpha value is -1.81. The van der Waals surface area contributed by atoms with E-state index in [-0.39, 0.29) is 11.5 Å². The molecule has 2 rings (SSSR count). The van der Waals surface area contributed by atoms with Gasteiger partial charge in [0.05, 0.1) is 0 Å². The summed E-state index contributed by atoms with van der Waals surface area (Å²) >= 11 is 1.30. The van der Waals surface area contributed by atoms with Gasteiger partial charge in [0, 0.05) is 0 Å². The molecule has 1 aromatic carbocycles. The van der Waals surface area contributed by atoms with Crippen molar-refractivity contribution in [1.82, 2.24) is 0 Å². The molecule has 0 fully saturated rings. The molecule has 76 valence electrons. The minimum absolute atomic E-state index is 0.0394. The summed E-state index contributed by atoms with van der Waals surface area (Å²) in [6.07, 6.45) is 0. The molecule has 0 amide bonds. The minimum Gasteiger partial charge on any atom is -0.504 e. The molecule has 1 aromatic heterocycles. The Kier molecular flexibility index (Phi) is 2.69. The van der Waals surface area contributed by atoms with Gasteiger partial charge in [-0.25, -0.2) is 4.79 Å². The molecule has 3 nitrogen and oxygen atoms in total. The maximum Gasteiger partial charge on any atom is 0.353 e. The number of rotatable bonds is 2. The van der Waals surface area contributed by atoms with Gasteiger partial charge in [-0.3, -0.25) is 0 Å². The average Bonchev–Trinajstić information content (AvgIpc) is 2.74. The molecule has 0 saturated carbocycles. The molecule has 0 aliphatic rings. The first-order valence-corrected chi connectivity index (χ1v) is 5.19. The van der Waals surface area contributed by atoms with Crippen LogP contribution in [0.25, 0.3) is 0 Å². The number of phenolic OH excluding ortho intramolecular Hbond substituents is 1. The number of carbonyl (C=O) groups is 1. The van der Waals surface area contributed by atoms with Crippen LogP contribution in [0.3, 0.4) is 0 Å². The van der Waals surface area contributed by atoms with E-state index >= 15 is 0 Å². The quantitative estimate of drug-likeness (QED) is 0.625. The number of carbonyl (C=O) groups excluding carboxylic acids is 1. The highest BCUT2D eigenvalue weighted by molar-refractivity contribution is 7.12. The van der Waals surface area contributed by atoms with Crippen molar-refractivity contribution in [2.45, 2.75) is 0 Å². The molecule has 1 heterocycles. The van der Waals surface area contributed by atoms with E-state index in [1.54, 1.807) is 35.7 Å². The van der Waals surface area contributed by atoms with Crippen molar-refractivity contribution in [3.63, 3.8) is 0 Å². The van der Waals surface area contributed by atoms with Gasteiger partial charge in [0.25, 0.3) is 0 Å². The molecule has 0 atom stereocenters. The standard InChI is InChI=1S/C11H8O3S/c12-8-4-1-2-5-9(8)14-11(13)10-6-3-7-15-10/h1-7,12H. The molecule has 0 aliphatic heterocycles. The Bertz CT molecular complexity index is 462. The monoisotopic (exact) mass is 220 g/mol. The van der Waals surface area contributed by atoms with Gasteiger partial charge in [-0.05, 0) is 23.6 Å². The first-order chi connectivity index (χ1) is 7.27. The summed E-state index contributed by atoms with van der Waals surface area (Å²) in [5.41, 5.74) is 0. The van der Waals surface area contributed by atoms with Gasteiger partial charge in [-0.15, -0.1) is 11.3 Å². The summed E-state index contributed by atoms with van der Waals surface area (Å²) in [5, 5.41) is 11.2. The third kappa shape index (κ3) is 2.16. The number of aromatic hydroxyl groups is 1. The van der Waals surface area contributed by atoms with Gasteiger partial charge in [0.15, 0.2) is 11.5 Å². The molecule has 0 saturated heterocycles. The smallest absolute Gasteiger partial charge is 0.353 e. The van der Waals surface area contributed by atoms with Gasteiger partial charge in [0.2, 0.25) is 0 Å². The van der Waals surface area contributed by atoms with Crippen LogP contribution in [-0.4, -0.2) is 11.1 Å². The Morgan fingerprint density at radius 2 is 2.00 bits per heavy atom. The zero-order chi connectivity index (χ0) is 10.7. The van der Waals surface area contributed by atoms with Crippen LogP contribution < -0.4 is 4.74 Å². The lowest BCUT2D eigenvalue weighted by Crippen LogP contribution is -2.06. The van der Waals surface area contributed by atoms with Crippen molar-refractivity contribution in [2.24, 2.45) is 0 Å². The Labute approximate surface area is 90.6 Å². The lowest BCUT2D eigenvalue weighted by Gasteiger charge is -2.03. The largest absolute Gasteiger partial charge is 0.504 e. The van der Waals surface area contributed by atoms with E-state index in [0.717, 1.165) is 0 Å². The molecular weight excluding hydrogens is 212 g/mol. The molecular formula is C11H8O3S. The second-order valence-corrected chi connectivity index (χ2v) is 3.78. The van der Waals surface area contributed by atoms with E-state index in [1.165, 1.54) is 17.4 Å². The van der Waals surface area contributed by atoms with Crippen molar-refractivity contribution >= 4 is 17.3 Å². The summed E-state index contributed by atoms with van der Waals surface area (Å²) in [6, 6.07) is 9.81. The van der Waals surface area contributed by atoms with Crippen LogP contribution in [0.1, 0.15) is 9.67 Å². The van der Waals surface area contributed by atoms with E-state index < -0.39 is 5.97 Å². The van der Waals surface area contributed by atoms with E-state index in [9.17, 15) is 9.90 Å². The Morgan fingerprint density at radius 3 is 2.67 bits per heavy atom. The fourth-order valence-electron chi connectivity index (χ4n) is 1.09. The summed E-state index contributed by atoms with van der Waals surface area (Å²) in [4.78, 5) is 12.0. The summed E-state index contributed by atoms with van der Waals surface area (Å²) in [5.74, 6) is -0.315. The number of esters is 1. The van der Waals surface area contributed by atoms with Gasteiger partial charge in [-0.2, -0.15) is 0 Å². The van der Waals surface area contributed by atoms with Crippen molar-refractivity contribution in [1.29, 1.82) is 0 Å². The van der Waals surface area contributed by atoms with Crippen LogP contribution >= 0.6 is 11.3 Å². The molecule has 0 aliphatic carbocycles. The molecule has 15 heavy (non-hydrogen) atoms. The van der Waals surface area contributed by atoms with Crippen LogP contribution in [0.15, 0.2) is 41.8 Å². The molecule has 4 heteroatoms. The number of benzene rings is 1. The van der Waals surface area contributed by atoms with E-state index in [1.807, 2.05) is 0 Å². The highest BCUT2D eigenvalue weighted by atomic mass is 32.1. The first-order valence-electron chi connectivity index (χ1n) is 4.31. The number of ether oxygens (including phenoxy) is 1. The summed E-state index contributed by atoms with van der Waals surface area (Å²) in [6.45, 7) is 0. The number of hydrogen-bond donors (Lipinski definition) is 1. The summed E-state index contributed by atoms with van der Waals surface area (Å²) < 4.78 is 5.01. The molecule has 0 bridgehead atoms. The molecule has 2 aromatic rings. The Morgan fingerprint density at radius 1 is 1.20 bits per heavy atom. The van der Waals surface area contributed by atoms with Crippen molar-refractivity contribution in [3.05, 3.63) is 46.7 Å². The number of thiophene rings is 1. The van der Waals surface area contributed by atoms with Crippen LogP contribution in [0, 0.1) is 0 Å². The van der Waals surface area contributed by atoms with Crippen LogP contribution in [0.2, 0.25) is 0 Å². The molecule has 1 N–H and O–H groups in total. The maximum absolute atomic E-state index is 11.5. The minimum atomic E-state index is -0.452. The van der Waals surface area contributed by atoms with Gasteiger partial charge >= 0.3 is 5.97 Å². The van der Waals surface area contributed by atoms with Crippen LogP contribution in [0.4, 0.5) is 0 Å². The van der Waals surface area contributed by atoms with Crippen molar-refractivity contribution < 1.29 is 14.6 Å². The highest BCUT2D eigenvalue weighted by Gasteiger charge is 2.11. The first kappa shape index (κ1) is 9.73. The SMILES string of the molecule is O=C(Oc1ccccc1O)c1cccs1. The third-order valence-electron chi connectivity index (χ3n) is 1.79. The highest BCUT2D eigenvalue weighted by Crippen LogP contribution is 2.25. The Balaban J connectivity index is 2.17. The summed E-state index contributed by atoms with van der Waals surface area (Å²) in [7, 11) is 0. The topological polar surface area (TPSA) is 46.5 Å². The lowest BCUT2D eigenvalue weighted by molar-refractivity contribution is 0.0735. The van der Waals surface area contributed by atoms with E-state index in [2.05, 4.69) is 0 Å². The second-order valence-electron chi connectivity index (χ2n) is 2.83. The zero-order valence-electron chi connectivity index (χ0n) is 7.71. The van der Waals surface area contributed by atoms with Gasteiger partial charge in [0.1, 0.15) is 4.88 Å². The van der Waals surface area contributed by atoms with E-state index in [0.29, 0.717) is 4.88 Å². The maximum atomic E-state index is 11.5. The van der Waals surface area contributed by atoms with E-state index in [4.69, 9.17) is 4.74 Å². The average molecular weight is 220 g/mol. The van der Waals surface area contributed by atoms with Crippen LogP contribution in [-0.2, 0) is 0 Å². The van der Waals surface area contributed by atoms with Crippen molar-refractivity contribution in [3.8, 4) is 11.5 Å². The lowest BCUT2D eigenvalue weighted by atomic mass is 10.3. The van der Waals surface area contributed by atoms with Crippen LogP contribution in [0.5, 0.6) is 11.5 Å². The fraction of sp³-hybridized carbons (Fsp3) is 0. The zero-order valence-corrected chi connectivity index (χ0v) is 8.53. The third-order valence-corrected chi connectivity index (χ3v) is 2.64. The molecule has 0 unspecified atom stereocenters. The number of phenols is 1. The van der Waals surface area contributed by atoms with Crippen molar-refractivity contribution in [2.75, 3.05) is 0 Å². The molecule has 0 spiro atoms. The van der Waals surface area contributed by atoms with Gasteiger partial charge < -0.3 is 9.84 Å². The number of para-hydroxylation sites is 2. The van der Waals surface area contributed by atoms with Gasteiger partial charge in [-0.1, -0.05) is 18.2 Å².